The first-order valence-electron chi connectivity index (χ1n) is 5.20. The van der Waals surface area contributed by atoms with Crippen LogP contribution in [-0.4, -0.2) is 13.7 Å². The second-order valence-electron chi connectivity index (χ2n) is 3.40. The number of allylic oxidation sites excluding steroid dienone is 5. The van der Waals surface area contributed by atoms with Crippen LogP contribution in [0.25, 0.3) is 0 Å². The fourth-order valence-corrected chi connectivity index (χ4v) is 0.907. The number of rotatable bonds is 6. The quantitative estimate of drug-likeness (QED) is 0.488. The number of halogens is 1. The van der Waals surface area contributed by atoms with Crippen LogP contribution in [0.15, 0.2) is 47.4 Å². The van der Waals surface area contributed by atoms with Crippen molar-refractivity contribution in [2.24, 2.45) is 11.5 Å². The monoisotopic (exact) mass is 241 g/mol. The third-order valence-electron chi connectivity index (χ3n) is 1.90. The van der Waals surface area contributed by atoms with Gasteiger partial charge in [0, 0.05) is 6.54 Å². The summed E-state index contributed by atoms with van der Waals surface area (Å²) < 4.78 is 17.9. The zero-order valence-corrected chi connectivity index (χ0v) is 10.5. The van der Waals surface area contributed by atoms with Gasteiger partial charge in [0.05, 0.1) is 7.11 Å². The largest absolute Gasteiger partial charge is 0.483 e. The predicted octanol–water partition coefficient (Wildman–Crippen LogP) is 1.64. The van der Waals surface area contributed by atoms with Crippen molar-refractivity contribution in [1.29, 1.82) is 0 Å². The summed E-state index contributed by atoms with van der Waals surface area (Å²) >= 11 is 0. The normalized spacial score (nSPS) is 14.8. The van der Waals surface area contributed by atoms with Gasteiger partial charge in [0.25, 0.3) is 0 Å². The number of ether oxygens (including phenoxy) is 1. The van der Waals surface area contributed by atoms with Crippen LogP contribution in [0.2, 0.25) is 0 Å². The molecule has 4 nitrogen and oxygen atoms in total. The van der Waals surface area contributed by atoms with Crippen LogP contribution in [0, 0.1) is 0 Å². The molecule has 0 radical (unpaired) electrons. The fourth-order valence-electron chi connectivity index (χ4n) is 0.907. The zero-order chi connectivity index (χ0) is 13.3. The molecule has 0 spiro atoms. The molecule has 0 aliphatic carbocycles. The molecule has 17 heavy (non-hydrogen) atoms. The Morgan fingerprint density at radius 3 is 2.53 bits per heavy atom. The second kappa shape index (κ2) is 8.27. The molecule has 0 atom stereocenters. The first-order chi connectivity index (χ1) is 8.01. The Kier molecular flexibility index (Phi) is 7.34. The molecule has 0 aromatic carbocycles. The lowest BCUT2D eigenvalue weighted by molar-refractivity contribution is 0.287. The van der Waals surface area contributed by atoms with Gasteiger partial charge in [-0.1, -0.05) is 17.7 Å². The summed E-state index contributed by atoms with van der Waals surface area (Å²) in [5, 5.41) is 2.76. The average molecular weight is 241 g/mol. The molecule has 0 fully saturated rings. The van der Waals surface area contributed by atoms with E-state index in [4.69, 9.17) is 16.2 Å². The molecule has 0 aliphatic heterocycles. The van der Waals surface area contributed by atoms with Crippen LogP contribution in [0.4, 0.5) is 4.39 Å². The maximum absolute atomic E-state index is 13.1. The molecule has 5 N–H and O–H groups in total. The minimum atomic E-state index is -0.479. The summed E-state index contributed by atoms with van der Waals surface area (Å²) in [5.41, 5.74) is 11.9. The molecule has 96 valence electrons. The van der Waals surface area contributed by atoms with Crippen molar-refractivity contribution in [3.63, 3.8) is 0 Å². The molecule has 0 saturated carbocycles. The fraction of sp³-hybridized carbons (Fsp3) is 0.333. The minimum absolute atomic E-state index is 0.0135. The van der Waals surface area contributed by atoms with Gasteiger partial charge in [-0.25, -0.2) is 4.39 Å². The van der Waals surface area contributed by atoms with Gasteiger partial charge in [-0.15, -0.1) is 0 Å². The van der Waals surface area contributed by atoms with E-state index in [1.165, 1.54) is 13.2 Å². The van der Waals surface area contributed by atoms with Crippen LogP contribution in [0.3, 0.4) is 0 Å². The zero-order valence-electron chi connectivity index (χ0n) is 10.5. The number of methoxy groups -OCH3 is 1. The first-order valence-corrected chi connectivity index (χ1v) is 5.20. The number of hydrogen-bond acceptors (Lipinski definition) is 4. The molecule has 0 aliphatic rings. The van der Waals surface area contributed by atoms with Crippen molar-refractivity contribution in [2.75, 3.05) is 13.7 Å². The molecule has 0 heterocycles. The molecule has 0 saturated heterocycles. The van der Waals surface area contributed by atoms with Crippen LogP contribution in [-0.2, 0) is 4.74 Å². The van der Waals surface area contributed by atoms with E-state index in [9.17, 15) is 4.39 Å². The highest BCUT2D eigenvalue weighted by molar-refractivity contribution is 5.18. The van der Waals surface area contributed by atoms with Gasteiger partial charge in [0.1, 0.15) is 5.82 Å². The first kappa shape index (κ1) is 15.1. The van der Waals surface area contributed by atoms with Crippen molar-refractivity contribution < 1.29 is 9.13 Å². The van der Waals surface area contributed by atoms with Gasteiger partial charge in [0.15, 0.2) is 11.7 Å². The van der Waals surface area contributed by atoms with Gasteiger partial charge in [0.2, 0.25) is 0 Å². The van der Waals surface area contributed by atoms with Gasteiger partial charge < -0.3 is 21.5 Å². The lowest BCUT2D eigenvalue weighted by Gasteiger charge is -2.06. The summed E-state index contributed by atoms with van der Waals surface area (Å²) in [6.07, 6.45) is 6.27. The van der Waals surface area contributed by atoms with E-state index in [-0.39, 0.29) is 5.82 Å². The highest BCUT2D eigenvalue weighted by Gasteiger charge is 1.97. The summed E-state index contributed by atoms with van der Waals surface area (Å²) in [6.45, 7) is 4.02. The third-order valence-corrected chi connectivity index (χ3v) is 1.90. The van der Waals surface area contributed by atoms with Gasteiger partial charge in [-0.2, -0.15) is 0 Å². The molecule has 0 rings (SSSR count). The third kappa shape index (κ3) is 7.05. The van der Waals surface area contributed by atoms with Crippen LogP contribution < -0.4 is 16.8 Å². The minimum Gasteiger partial charge on any atom is -0.483 e. The van der Waals surface area contributed by atoms with Crippen LogP contribution >= 0.6 is 0 Å². The average Bonchev–Trinajstić information content (AvgIpc) is 2.32. The summed E-state index contributed by atoms with van der Waals surface area (Å²) in [6, 6.07) is 0. The Morgan fingerprint density at radius 2 is 2.00 bits per heavy atom. The maximum Gasteiger partial charge on any atom is 0.183 e. The summed E-state index contributed by atoms with van der Waals surface area (Å²) in [5.74, 6) is -0.153. The van der Waals surface area contributed by atoms with Crippen molar-refractivity contribution in [1.82, 2.24) is 5.32 Å². The summed E-state index contributed by atoms with van der Waals surface area (Å²) in [4.78, 5) is 0. The molecule has 0 aromatic rings. The Hall–Kier alpha value is -1.91. The van der Waals surface area contributed by atoms with Gasteiger partial charge in [-0.3, -0.25) is 0 Å². The highest BCUT2D eigenvalue weighted by Crippen LogP contribution is 2.01. The van der Waals surface area contributed by atoms with Crippen molar-refractivity contribution >= 4 is 0 Å². The molecule has 0 unspecified atom stereocenters. The van der Waals surface area contributed by atoms with Gasteiger partial charge >= 0.3 is 0 Å². The SMILES string of the molecule is C/C=C\C(F)=C(/N)NC/C(C)=C/C=C(\N)OC. The Balaban J connectivity index is 4.34. The molecular weight excluding hydrogens is 221 g/mol. The van der Waals surface area contributed by atoms with Crippen molar-refractivity contribution in [3.8, 4) is 0 Å². The van der Waals surface area contributed by atoms with E-state index in [0.29, 0.717) is 12.4 Å². The van der Waals surface area contributed by atoms with Crippen molar-refractivity contribution in [3.05, 3.63) is 47.4 Å². The standard InChI is InChI=1S/C12H20FN3O/c1-4-5-10(13)12(15)16-8-9(2)6-7-11(14)17-3/h4-7,16H,8,14-15H2,1-3H3/b5-4-,9-6+,11-7+,12-10-. The molecule has 5 heteroatoms. The summed E-state index contributed by atoms with van der Waals surface area (Å²) in [7, 11) is 1.49. The molecular formula is C12H20FN3O. The Morgan fingerprint density at radius 1 is 1.35 bits per heavy atom. The van der Waals surface area contributed by atoms with Crippen LogP contribution in [0.1, 0.15) is 13.8 Å². The van der Waals surface area contributed by atoms with E-state index in [0.717, 1.165) is 5.57 Å². The van der Waals surface area contributed by atoms with E-state index >= 15 is 0 Å². The van der Waals surface area contributed by atoms with Crippen LogP contribution in [0.5, 0.6) is 0 Å². The van der Waals surface area contributed by atoms with E-state index in [2.05, 4.69) is 5.32 Å². The number of nitrogens with one attached hydrogen (secondary N) is 1. The Labute approximate surface area is 102 Å². The van der Waals surface area contributed by atoms with E-state index in [1.54, 1.807) is 25.2 Å². The van der Waals surface area contributed by atoms with E-state index in [1.807, 2.05) is 6.92 Å². The molecule has 0 amide bonds. The smallest absolute Gasteiger partial charge is 0.183 e. The molecule has 0 bridgehead atoms. The van der Waals surface area contributed by atoms with Crippen molar-refractivity contribution in [2.45, 2.75) is 13.8 Å². The van der Waals surface area contributed by atoms with Gasteiger partial charge in [-0.05, 0) is 26.0 Å². The lowest BCUT2D eigenvalue weighted by atomic mass is 10.2. The Bertz CT molecular complexity index is 357. The van der Waals surface area contributed by atoms with E-state index < -0.39 is 5.83 Å². The highest BCUT2D eigenvalue weighted by atomic mass is 19.1. The lowest BCUT2D eigenvalue weighted by Crippen LogP contribution is -2.22. The maximum atomic E-state index is 13.1. The predicted molar refractivity (Wildman–Crippen MR) is 68.2 cm³/mol. The number of hydrogen-bond donors (Lipinski definition) is 3. The number of nitrogens with two attached hydrogens (primary N) is 2. The topological polar surface area (TPSA) is 73.3 Å². The second-order valence-corrected chi connectivity index (χ2v) is 3.40. The molecule has 0 aromatic heterocycles.